The minimum Gasteiger partial charge on any atom is -0.314 e. The minimum atomic E-state index is 0.749. The topological polar surface area (TPSA) is 15.3 Å². The molecular formula is C12H25N2. The summed E-state index contributed by atoms with van der Waals surface area (Å²) in [5.41, 5.74) is 0. The normalized spacial score (nSPS) is 24.9. The fourth-order valence-corrected chi connectivity index (χ4v) is 2.19. The Morgan fingerprint density at radius 2 is 2.14 bits per heavy atom. The van der Waals surface area contributed by atoms with Gasteiger partial charge in [0, 0.05) is 32.2 Å². The van der Waals surface area contributed by atoms with Gasteiger partial charge >= 0.3 is 0 Å². The average Bonchev–Trinajstić information content (AvgIpc) is 2.06. The summed E-state index contributed by atoms with van der Waals surface area (Å²) in [5.74, 6) is 2.33. The van der Waals surface area contributed by atoms with Crippen LogP contribution in [-0.2, 0) is 0 Å². The molecule has 0 unspecified atom stereocenters. The maximum atomic E-state index is 3.49. The molecule has 1 fully saturated rings. The van der Waals surface area contributed by atoms with Crippen LogP contribution >= 0.6 is 0 Å². The predicted octanol–water partition coefficient (Wildman–Crippen LogP) is 1.92. The molecule has 83 valence electrons. The molecule has 2 heteroatoms. The summed E-state index contributed by atoms with van der Waals surface area (Å²) in [6.07, 6.45) is 1.32. The van der Waals surface area contributed by atoms with E-state index in [0.29, 0.717) is 0 Å². The van der Waals surface area contributed by atoms with Crippen molar-refractivity contribution >= 4 is 0 Å². The Balaban J connectivity index is 2.41. The first-order chi connectivity index (χ1) is 6.59. The van der Waals surface area contributed by atoms with E-state index in [0.717, 1.165) is 18.5 Å². The molecule has 1 heterocycles. The Hall–Kier alpha value is -0.0800. The number of rotatable bonds is 4. The van der Waals surface area contributed by atoms with Crippen molar-refractivity contribution in [2.24, 2.45) is 5.92 Å². The first-order valence-electron chi connectivity index (χ1n) is 5.83. The Morgan fingerprint density at radius 3 is 2.71 bits per heavy atom. The highest BCUT2D eigenvalue weighted by atomic mass is 15.2. The van der Waals surface area contributed by atoms with E-state index < -0.39 is 0 Å². The summed E-state index contributed by atoms with van der Waals surface area (Å²) >= 11 is 0. The third-order valence-corrected chi connectivity index (χ3v) is 2.73. The second kappa shape index (κ2) is 5.72. The summed E-state index contributed by atoms with van der Waals surface area (Å²) in [6.45, 7) is 13.8. The van der Waals surface area contributed by atoms with Gasteiger partial charge in [0.15, 0.2) is 0 Å². The van der Waals surface area contributed by atoms with Gasteiger partial charge in [-0.15, -0.1) is 0 Å². The molecule has 0 aliphatic carbocycles. The van der Waals surface area contributed by atoms with Crippen LogP contribution in [0.2, 0.25) is 0 Å². The van der Waals surface area contributed by atoms with Crippen molar-refractivity contribution in [3.63, 3.8) is 0 Å². The van der Waals surface area contributed by atoms with Crippen molar-refractivity contribution in [2.75, 3.05) is 26.2 Å². The Bertz CT molecular complexity index is 136. The second-order valence-corrected chi connectivity index (χ2v) is 5.17. The Labute approximate surface area is 89.1 Å². The summed E-state index contributed by atoms with van der Waals surface area (Å²) in [6, 6.07) is 0.749. The van der Waals surface area contributed by atoms with E-state index in [4.69, 9.17) is 0 Å². The molecule has 1 radical (unpaired) electrons. The molecule has 14 heavy (non-hydrogen) atoms. The largest absolute Gasteiger partial charge is 0.314 e. The van der Waals surface area contributed by atoms with Crippen molar-refractivity contribution in [1.82, 2.24) is 10.2 Å². The molecule has 0 aromatic carbocycles. The van der Waals surface area contributed by atoms with Crippen LogP contribution in [0, 0.1) is 11.8 Å². The number of nitrogens with zero attached hydrogens (tertiary/aromatic N) is 1. The molecule has 1 atom stereocenters. The standard InChI is InChI=1S/C12H25N2/c1-10(2)7-12-8-13-5-6-14(12)9-11(3)4/h10,12-13H,5-9H2,1-4H3/t12-/m0/s1. The molecular weight excluding hydrogens is 172 g/mol. The van der Waals surface area contributed by atoms with E-state index in [1.54, 1.807) is 0 Å². The molecule has 0 saturated carbocycles. The van der Waals surface area contributed by atoms with E-state index >= 15 is 0 Å². The lowest BCUT2D eigenvalue weighted by atomic mass is 10.00. The van der Waals surface area contributed by atoms with Crippen LogP contribution in [0.25, 0.3) is 0 Å². The third kappa shape index (κ3) is 3.97. The van der Waals surface area contributed by atoms with E-state index in [9.17, 15) is 0 Å². The van der Waals surface area contributed by atoms with Crippen molar-refractivity contribution in [2.45, 2.75) is 40.2 Å². The maximum Gasteiger partial charge on any atom is 0.0223 e. The van der Waals surface area contributed by atoms with Gasteiger partial charge in [0.25, 0.3) is 0 Å². The van der Waals surface area contributed by atoms with Gasteiger partial charge < -0.3 is 5.32 Å². The van der Waals surface area contributed by atoms with Crippen LogP contribution in [-0.4, -0.2) is 37.1 Å². The number of nitrogens with one attached hydrogen (secondary N) is 1. The first-order valence-corrected chi connectivity index (χ1v) is 5.83. The third-order valence-electron chi connectivity index (χ3n) is 2.73. The predicted molar refractivity (Wildman–Crippen MR) is 62.3 cm³/mol. The fraction of sp³-hybridized carbons (Fsp3) is 0.917. The molecule has 1 N–H and O–H groups in total. The van der Waals surface area contributed by atoms with Crippen LogP contribution in [0.5, 0.6) is 0 Å². The zero-order valence-corrected chi connectivity index (χ0v) is 10.1. The van der Waals surface area contributed by atoms with Gasteiger partial charge in [0.1, 0.15) is 0 Å². The van der Waals surface area contributed by atoms with Crippen molar-refractivity contribution < 1.29 is 0 Å². The fourth-order valence-electron chi connectivity index (χ4n) is 2.19. The number of piperazine rings is 1. The van der Waals surface area contributed by atoms with Gasteiger partial charge in [0.2, 0.25) is 0 Å². The molecule has 0 amide bonds. The lowest BCUT2D eigenvalue weighted by molar-refractivity contribution is 0.148. The van der Waals surface area contributed by atoms with Gasteiger partial charge in [0.05, 0.1) is 0 Å². The molecule has 0 spiro atoms. The average molecular weight is 197 g/mol. The van der Waals surface area contributed by atoms with Crippen molar-refractivity contribution in [3.8, 4) is 0 Å². The van der Waals surface area contributed by atoms with Crippen LogP contribution in [0.15, 0.2) is 0 Å². The molecule has 1 saturated heterocycles. The summed E-state index contributed by atoms with van der Waals surface area (Å²) < 4.78 is 0. The summed E-state index contributed by atoms with van der Waals surface area (Å²) in [7, 11) is 0. The Morgan fingerprint density at radius 1 is 1.43 bits per heavy atom. The molecule has 0 aromatic rings. The van der Waals surface area contributed by atoms with Crippen LogP contribution in [0.3, 0.4) is 0 Å². The van der Waals surface area contributed by atoms with Gasteiger partial charge in [-0.1, -0.05) is 27.7 Å². The van der Waals surface area contributed by atoms with E-state index in [-0.39, 0.29) is 0 Å². The molecule has 1 aliphatic heterocycles. The summed E-state index contributed by atoms with van der Waals surface area (Å²) in [5, 5.41) is 3.49. The Kier molecular flexibility index (Phi) is 4.90. The van der Waals surface area contributed by atoms with E-state index in [1.807, 2.05) is 0 Å². The maximum absolute atomic E-state index is 3.49. The van der Waals surface area contributed by atoms with Crippen LogP contribution in [0.1, 0.15) is 34.1 Å². The number of hydrogen-bond donors (Lipinski definition) is 1. The molecule has 0 aromatic heterocycles. The second-order valence-electron chi connectivity index (χ2n) is 5.17. The van der Waals surface area contributed by atoms with E-state index in [2.05, 4.69) is 37.9 Å². The van der Waals surface area contributed by atoms with E-state index in [1.165, 1.54) is 32.0 Å². The van der Waals surface area contributed by atoms with Crippen LogP contribution in [0.4, 0.5) is 0 Å². The molecule has 1 rings (SSSR count). The number of hydrogen-bond acceptors (Lipinski definition) is 2. The van der Waals surface area contributed by atoms with Gasteiger partial charge in [-0.2, -0.15) is 0 Å². The molecule has 0 bridgehead atoms. The monoisotopic (exact) mass is 197 g/mol. The minimum absolute atomic E-state index is 0.749. The van der Waals surface area contributed by atoms with Gasteiger partial charge in [-0.05, 0) is 18.3 Å². The highest BCUT2D eigenvalue weighted by Crippen LogP contribution is 2.15. The van der Waals surface area contributed by atoms with Crippen LogP contribution < -0.4 is 5.32 Å². The van der Waals surface area contributed by atoms with Gasteiger partial charge in [-0.3, -0.25) is 4.90 Å². The SMILES string of the molecule is C[C](C)CN1CCNC[C@@H]1CC(C)C. The smallest absolute Gasteiger partial charge is 0.0223 e. The summed E-state index contributed by atoms with van der Waals surface area (Å²) in [4.78, 5) is 2.63. The quantitative estimate of drug-likeness (QED) is 0.741. The van der Waals surface area contributed by atoms with Crippen molar-refractivity contribution in [3.05, 3.63) is 5.92 Å². The highest BCUT2D eigenvalue weighted by molar-refractivity contribution is 4.88. The lowest BCUT2D eigenvalue weighted by Gasteiger charge is -2.38. The molecule has 1 aliphatic rings. The zero-order valence-electron chi connectivity index (χ0n) is 10.1. The highest BCUT2D eigenvalue weighted by Gasteiger charge is 2.22. The zero-order chi connectivity index (χ0) is 10.6. The van der Waals surface area contributed by atoms with Crippen molar-refractivity contribution in [1.29, 1.82) is 0 Å². The van der Waals surface area contributed by atoms with Gasteiger partial charge in [-0.25, -0.2) is 0 Å². The first kappa shape index (κ1) is 12.0. The molecule has 2 nitrogen and oxygen atoms in total. The lowest BCUT2D eigenvalue weighted by Crippen LogP contribution is -2.52.